The highest BCUT2D eigenvalue weighted by atomic mass is 16.4. The zero-order valence-electron chi connectivity index (χ0n) is 7.59. The minimum atomic E-state index is 0.107. The molecule has 0 bridgehead atoms. The van der Waals surface area contributed by atoms with Gasteiger partial charge in [-0.25, -0.2) is 0 Å². The maximum Gasteiger partial charge on any atom is 0.237 e. The Labute approximate surface area is 81.9 Å². The molecule has 0 atom stereocenters. The molecule has 14 heavy (non-hydrogen) atoms. The lowest BCUT2D eigenvalue weighted by Gasteiger charge is -2.23. The molecule has 0 aromatic heterocycles. The van der Waals surface area contributed by atoms with Crippen LogP contribution in [0.1, 0.15) is 11.1 Å². The molecule has 0 spiro atoms. The molecule has 0 amide bonds. The van der Waals surface area contributed by atoms with Crippen molar-refractivity contribution in [1.29, 1.82) is 0 Å². The van der Waals surface area contributed by atoms with Crippen molar-refractivity contribution in [3.8, 4) is 0 Å². The normalized spacial score (nSPS) is 15.4. The third kappa shape index (κ3) is 1.42. The van der Waals surface area contributed by atoms with Crippen LogP contribution in [-0.2, 0) is 6.54 Å². The van der Waals surface area contributed by atoms with E-state index >= 15 is 0 Å². The molecule has 2 rings (SSSR count). The summed E-state index contributed by atoms with van der Waals surface area (Å²) in [5.74, 6) is 0.107. The molecule has 0 radical (unpaired) electrons. The first-order valence-electron chi connectivity index (χ1n) is 4.31. The van der Waals surface area contributed by atoms with Crippen molar-refractivity contribution in [2.45, 2.75) is 6.54 Å². The van der Waals surface area contributed by atoms with E-state index in [0.29, 0.717) is 6.54 Å². The summed E-state index contributed by atoms with van der Waals surface area (Å²) in [5, 5.41) is 11.5. The van der Waals surface area contributed by atoms with Crippen LogP contribution in [0, 0.1) is 0 Å². The number of rotatable bonds is 0. The van der Waals surface area contributed by atoms with E-state index in [1.807, 2.05) is 30.3 Å². The molecule has 0 saturated carbocycles. The molecule has 1 aliphatic heterocycles. The van der Waals surface area contributed by atoms with E-state index in [9.17, 15) is 0 Å². The Balaban J connectivity index is 2.30. The Morgan fingerprint density at radius 1 is 1.43 bits per heavy atom. The van der Waals surface area contributed by atoms with E-state index in [4.69, 9.17) is 10.9 Å². The monoisotopic (exact) mass is 189 g/mol. The summed E-state index contributed by atoms with van der Waals surface area (Å²) in [4.78, 5) is 1.68. The van der Waals surface area contributed by atoms with Crippen LogP contribution >= 0.6 is 0 Å². The lowest BCUT2D eigenvalue weighted by atomic mass is 10.0. The predicted molar refractivity (Wildman–Crippen MR) is 54.4 cm³/mol. The third-order valence-electron chi connectivity index (χ3n) is 2.23. The van der Waals surface area contributed by atoms with Crippen molar-refractivity contribution in [3.05, 3.63) is 41.6 Å². The van der Waals surface area contributed by atoms with E-state index in [2.05, 4.69) is 5.16 Å². The first-order valence-corrected chi connectivity index (χ1v) is 4.31. The third-order valence-corrected chi connectivity index (χ3v) is 2.23. The summed E-state index contributed by atoms with van der Waals surface area (Å²) in [6.07, 6.45) is 3.74. The fourth-order valence-electron chi connectivity index (χ4n) is 1.46. The van der Waals surface area contributed by atoms with E-state index < -0.39 is 0 Å². The van der Waals surface area contributed by atoms with Gasteiger partial charge >= 0.3 is 0 Å². The van der Waals surface area contributed by atoms with Gasteiger partial charge in [-0.15, -0.1) is 0 Å². The Bertz CT molecular complexity index is 398. The van der Waals surface area contributed by atoms with Crippen molar-refractivity contribution < 1.29 is 5.21 Å². The van der Waals surface area contributed by atoms with Gasteiger partial charge in [0.1, 0.15) is 0 Å². The highest BCUT2D eigenvalue weighted by Crippen LogP contribution is 2.18. The van der Waals surface area contributed by atoms with Crippen molar-refractivity contribution in [1.82, 2.24) is 4.90 Å². The van der Waals surface area contributed by atoms with Crippen molar-refractivity contribution in [2.75, 3.05) is 0 Å². The molecule has 4 heteroatoms. The second kappa shape index (κ2) is 3.41. The number of nitrogens with zero attached hydrogens (tertiary/aromatic N) is 2. The summed E-state index contributed by atoms with van der Waals surface area (Å²) in [6.45, 7) is 0.641. The Morgan fingerprint density at radius 3 is 3.00 bits per heavy atom. The van der Waals surface area contributed by atoms with Crippen molar-refractivity contribution >= 4 is 12.0 Å². The zero-order chi connectivity index (χ0) is 9.97. The summed E-state index contributed by atoms with van der Waals surface area (Å²) < 4.78 is 0. The molecule has 0 fully saturated rings. The average molecular weight is 189 g/mol. The second-order valence-corrected chi connectivity index (χ2v) is 3.10. The lowest BCUT2D eigenvalue weighted by Crippen LogP contribution is -2.33. The van der Waals surface area contributed by atoms with Crippen LogP contribution in [0.5, 0.6) is 0 Å². The maximum absolute atomic E-state index is 8.52. The molecule has 3 N–H and O–H groups in total. The SMILES string of the molecule is NC(=NO)N1C=Cc2ccccc2C1. The van der Waals surface area contributed by atoms with Gasteiger partial charge < -0.3 is 15.8 Å². The molecule has 0 saturated heterocycles. The van der Waals surface area contributed by atoms with Gasteiger partial charge in [0, 0.05) is 6.20 Å². The van der Waals surface area contributed by atoms with Gasteiger partial charge in [-0.3, -0.25) is 0 Å². The first kappa shape index (κ1) is 8.62. The summed E-state index contributed by atoms with van der Waals surface area (Å²) in [6, 6.07) is 8.02. The topological polar surface area (TPSA) is 61.9 Å². The lowest BCUT2D eigenvalue weighted by molar-refractivity contribution is 0.307. The maximum atomic E-state index is 8.52. The molecular weight excluding hydrogens is 178 g/mol. The number of fused-ring (bicyclic) bond motifs is 1. The van der Waals surface area contributed by atoms with Gasteiger partial charge in [0.25, 0.3) is 0 Å². The van der Waals surface area contributed by atoms with Crippen LogP contribution in [-0.4, -0.2) is 16.1 Å². The number of hydrogen-bond acceptors (Lipinski definition) is 2. The molecule has 1 aromatic rings. The molecule has 0 aliphatic carbocycles. The van der Waals surface area contributed by atoms with Crippen LogP contribution in [0.2, 0.25) is 0 Å². The quantitative estimate of drug-likeness (QED) is 0.279. The predicted octanol–water partition coefficient (Wildman–Crippen LogP) is 1.18. The average Bonchev–Trinajstić information content (AvgIpc) is 2.27. The molecule has 1 aliphatic rings. The fourth-order valence-corrected chi connectivity index (χ4v) is 1.46. The number of oxime groups is 1. The van der Waals surface area contributed by atoms with Gasteiger partial charge in [0.2, 0.25) is 5.96 Å². The summed E-state index contributed by atoms with van der Waals surface area (Å²) in [7, 11) is 0. The van der Waals surface area contributed by atoms with Gasteiger partial charge in [-0.05, 0) is 17.2 Å². The van der Waals surface area contributed by atoms with Crippen LogP contribution in [0.15, 0.2) is 35.6 Å². The van der Waals surface area contributed by atoms with Crippen LogP contribution in [0.4, 0.5) is 0 Å². The van der Waals surface area contributed by atoms with Gasteiger partial charge in [0.05, 0.1) is 6.54 Å². The van der Waals surface area contributed by atoms with E-state index in [1.165, 1.54) is 11.1 Å². The number of hydrogen-bond donors (Lipinski definition) is 2. The Kier molecular flexibility index (Phi) is 2.10. The number of benzene rings is 1. The van der Waals surface area contributed by atoms with Crippen LogP contribution in [0.3, 0.4) is 0 Å². The molecule has 0 unspecified atom stereocenters. The smallest absolute Gasteiger partial charge is 0.237 e. The fraction of sp³-hybridized carbons (Fsp3) is 0.100. The van der Waals surface area contributed by atoms with Crippen molar-refractivity contribution in [3.63, 3.8) is 0 Å². The zero-order valence-corrected chi connectivity index (χ0v) is 7.59. The standard InChI is InChI=1S/C10H11N3O/c11-10(12-14)13-6-5-8-3-1-2-4-9(8)7-13/h1-6,14H,7H2,(H2,11,12). The largest absolute Gasteiger partial charge is 0.408 e. The van der Waals surface area contributed by atoms with Gasteiger partial charge in [-0.1, -0.05) is 29.4 Å². The molecule has 72 valence electrons. The van der Waals surface area contributed by atoms with E-state index in [1.54, 1.807) is 11.1 Å². The van der Waals surface area contributed by atoms with Crippen LogP contribution < -0.4 is 5.73 Å². The van der Waals surface area contributed by atoms with E-state index in [0.717, 1.165) is 0 Å². The highest BCUT2D eigenvalue weighted by molar-refractivity contribution is 5.80. The van der Waals surface area contributed by atoms with Crippen molar-refractivity contribution in [2.24, 2.45) is 10.9 Å². The van der Waals surface area contributed by atoms with E-state index in [-0.39, 0.29) is 5.96 Å². The minimum Gasteiger partial charge on any atom is -0.408 e. The minimum absolute atomic E-state index is 0.107. The van der Waals surface area contributed by atoms with Crippen LogP contribution in [0.25, 0.3) is 6.08 Å². The molecular formula is C10H11N3O. The number of guanidine groups is 1. The van der Waals surface area contributed by atoms with Gasteiger partial charge in [0.15, 0.2) is 0 Å². The second-order valence-electron chi connectivity index (χ2n) is 3.10. The molecule has 1 aromatic carbocycles. The summed E-state index contributed by atoms with van der Waals surface area (Å²) in [5.41, 5.74) is 7.82. The summed E-state index contributed by atoms with van der Waals surface area (Å²) >= 11 is 0. The molecule has 4 nitrogen and oxygen atoms in total. The highest BCUT2D eigenvalue weighted by Gasteiger charge is 2.12. The first-order chi connectivity index (χ1) is 6.81. The molecule has 1 heterocycles. The Hall–Kier alpha value is -1.97. The number of nitrogens with two attached hydrogens (primary N) is 1. The Morgan fingerprint density at radius 2 is 2.21 bits per heavy atom. The van der Waals surface area contributed by atoms with Gasteiger partial charge in [-0.2, -0.15) is 0 Å².